The number of amides is 2. The molecule has 1 aliphatic heterocycles. The number of thiophene rings is 1. The number of hydrogen-bond acceptors (Lipinski definition) is 8. The van der Waals surface area contributed by atoms with E-state index in [1.165, 1.54) is 43.3 Å². The molecule has 10 nitrogen and oxygen atoms in total. The number of ether oxygens (including phenoxy) is 2. The zero-order valence-corrected chi connectivity index (χ0v) is 26.1. The van der Waals surface area contributed by atoms with Gasteiger partial charge in [0.2, 0.25) is 10.0 Å². The van der Waals surface area contributed by atoms with Gasteiger partial charge in [-0.2, -0.15) is 4.31 Å². The lowest BCUT2D eigenvalue weighted by molar-refractivity contribution is -0.128. The first-order chi connectivity index (χ1) is 20.6. The summed E-state index contributed by atoms with van der Waals surface area (Å²) in [7, 11) is -0.913. The van der Waals surface area contributed by atoms with E-state index in [1.807, 2.05) is 6.07 Å². The summed E-state index contributed by atoms with van der Waals surface area (Å²) in [5.41, 5.74) is 1.68. The number of carbonyl (C=O) groups is 2. The number of aromatic nitrogens is 1. The van der Waals surface area contributed by atoms with E-state index in [0.29, 0.717) is 27.8 Å². The zero-order valence-electron chi connectivity index (χ0n) is 23.0. The molecule has 1 atom stereocenters. The number of anilines is 1. The molecule has 1 N–H and O–H groups in total. The van der Waals surface area contributed by atoms with Crippen LogP contribution in [0.3, 0.4) is 0 Å². The third-order valence-corrected chi connectivity index (χ3v) is 10.3. The first-order valence-electron chi connectivity index (χ1n) is 12.9. The first kappa shape index (κ1) is 30.8. The van der Waals surface area contributed by atoms with Gasteiger partial charge in [0.25, 0.3) is 11.8 Å². The lowest BCUT2D eigenvalue weighted by Gasteiger charge is -2.34. The average Bonchev–Trinajstić information content (AvgIpc) is 3.38. The van der Waals surface area contributed by atoms with Crippen LogP contribution < -0.4 is 19.7 Å². The van der Waals surface area contributed by atoms with Gasteiger partial charge in [-0.25, -0.2) is 8.42 Å². The van der Waals surface area contributed by atoms with E-state index < -0.39 is 27.9 Å². The van der Waals surface area contributed by atoms with E-state index >= 15 is 0 Å². The Balaban J connectivity index is 1.38. The average molecular weight is 662 g/mol. The molecule has 5 rings (SSSR count). The molecule has 0 aliphatic carbocycles. The van der Waals surface area contributed by atoms with E-state index in [-0.39, 0.29) is 34.4 Å². The number of hydrogen-bond donors (Lipinski definition) is 1. The van der Waals surface area contributed by atoms with Crippen LogP contribution in [0.2, 0.25) is 10.0 Å². The van der Waals surface area contributed by atoms with Crippen LogP contribution in [-0.2, 0) is 27.9 Å². The van der Waals surface area contributed by atoms with Crippen molar-refractivity contribution in [2.45, 2.75) is 24.1 Å². The summed E-state index contributed by atoms with van der Waals surface area (Å²) in [6.45, 7) is 0.0786. The van der Waals surface area contributed by atoms with E-state index in [4.69, 9.17) is 32.7 Å². The predicted molar refractivity (Wildman–Crippen MR) is 165 cm³/mol. The van der Waals surface area contributed by atoms with Gasteiger partial charge in [-0.15, -0.1) is 11.3 Å². The fraction of sp³-hybridized carbons (Fsp3) is 0.207. The van der Waals surface area contributed by atoms with Crippen molar-refractivity contribution < 1.29 is 27.5 Å². The van der Waals surface area contributed by atoms with Crippen molar-refractivity contribution in [2.75, 3.05) is 25.6 Å². The molecule has 1 unspecified atom stereocenters. The molecule has 14 heteroatoms. The van der Waals surface area contributed by atoms with E-state index in [9.17, 15) is 18.0 Å². The number of benzene rings is 2. The maximum absolute atomic E-state index is 14.0. The van der Waals surface area contributed by atoms with Crippen molar-refractivity contribution in [1.82, 2.24) is 14.6 Å². The summed E-state index contributed by atoms with van der Waals surface area (Å²) in [5, 5.41) is 5.02. The van der Waals surface area contributed by atoms with Gasteiger partial charge in [0.05, 0.1) is 29.3 Å². The van der Waals surface area contributed by atoms with Crippen molar-refractivity contribution >= 4 is 62.1 Å². The number of nitrogens with one attached hydrogen (secondary N) is 1. The molecule has 224 valence electrons. The summed E-state index contributed by atoms with van der Waals surface area (Å²) in [6.07, 6.45) is 2.28. The van der Waals surface area contributed by atoms with Gasteiger partial charge in [0.15, 0.2) is 6.10 Å². The number of rotatable bonds is 9. The van der Waals surface area contributed by atoms with Gasteiger partial charge < -0.3 is 14.8 Å². The molecular weight excluding hydrogens is 635 g/mol. The molecule has 3 heterocycles. The second kappa shape index (κ2) is 12.9. The maximum Gasteiger partial charge on any atom is 0.270 e. The number of methoxy groups -OCH3 is 1. The third kappa shape index (κ3) is 6.63. The van der Waals surface area contributed by atoms with E-state index in [1.54, 1.807) is 42.0 Å². The third-order valence-electron chi connectivity index (χ3n) is 6.71. The molecule has 2 aromatic heterocycles. The largest absolute Gasteiger partial charge is 0.497 e. The van der Waals surface area contributed by atoms with Crippen LogP contribution in [0.5, 0.6) is 11.5 Å². The normalized spacial score (nSPS) is 14.6. The predicted octanol–water partition coefficient (Wildman–Crippen LogP) is 5.00. The van der Waals surface area contributed by atoms with Gasteiger partial charge in [0, 0.05) is 43.6 Å². The minimum atomic E-state index is -3.85. The van der Waals surface area contributed by atoms with Gasteiger partial charge in [0.1, 0.15) is 16.4 Å². The van der Waals surface area contributed by atoms with Gasteiger partial charge in [-0.1, -0.05) is 29.3 Å². The molecule has 0 radical (unpaired) electrons. The summed E-state index contributed by atoms with van der Waals surface area (Å²) >= 11 is 13.7. The van der Waals surface area contributed by atoms with Crippen LogP contribution in [0.15, 0.2) is 77.3 Å². The van der Waals surface area contributed by atoms with Crippen LogP contribution in [0, 0.1) is 0 Å². The number of halogens is 2. The van der Waals surface area contributed by atoms with Crippen molar-refractivity contribution in [3.8, 4) is 11.5 Å². The molecule has 0 bridgehead atoms. The van der Waals surface area contributed by atoms with Crippen LogP contribution >= 0.6 is 34.5 Å². The van der Waals surface area contributed by atoms with Gasteiger partial charge in [-0.05, 0) is 59.0 Å². The van der Waals surface area contributed by atoms with Crippen LogP contribution in [0.1, 0.15) is 20.8 Å². The van der Waals surface area contributed by atoms with Crippen LogP contribution in [-0.4, -0.2) is 56.3 Å². The minimum Gasteiger partial charge on any atom is -0.497 e. The Hall–Kier alpha value is -3.68. The summed E-state index contributed by atoms with van der Waals surface area (Å²) in [5.74, 6) is -0.0577. The molecule has 4 aromatic rings. The molecule has 43 heavy (non-hydrogen) atoms. The zero-order chi connectivity index (χ0) is 30.7. The fourth-order valence-corrected chi connectivity index (χ4v) is 6.95. The fourth-order valence-electron chi connectivity index (χ4n) is 4.39. The molecule has 0 spiro atoms. The Kier molecular flexibility index (Phi) is 9.23. The van der Waals surface area contributed by atoms with Gasteiger partial charge in [-0.3, -0.25) is 19.5 Å². The molecule has 2 amide bonds. The Morgan fingerprint density at radius 2 is 1.95 bits per heavy atom. The lowest BCUT2D eigenvalue weighted by Crippen LogP contribution is -2.50. The highest BCUT2D eigenvalue weighted by Gasteiger charge is 2.36. The van der Waals surface area contributed by atoms with Crippen molar-refractivity contribution in [1.29, 1.82) is 0 Å². The maximum atomic E-state index is 14.0. The topological polar surface area (TPSA) is 118 Å². The minimum absolute atomic E-state index is 0.0690. The summed E-state index contributed by atoms with van der Waals surface area (Å²) in [4.78, 5) is 32.8. The summed E-state index contributed by atoms with van der Waals surface area (Å²) in [6, 6.07) is 14.4. The Morgan fingerprint density at radius 3 is 2.65 bits per heavy atom. The quantitative estimate of drug-likeness (QED) is 0.268. The highest BCUT2D eigenvalue weighted by Crippen LogP contribution is 2.39. The number of fused-ring (bicyclic) bond motifs is 1. The molecule has 2 aromatic carbocycles. The highest BCUT2D eigenvalue weighted by molar-refractivity contribution is 7.89. The molecule has 0 saturated carbocycles. The van der Waals surface area contributed by atoms with Gasteiger partial charge >= 0.3 is 0 Å². The summed E-state index contributed by atoms with van der Waals surface area (Å²) < 4.78 is 38.7. The number of pyridine rings is 1. The van der Waals surface area contributed by atoms with Crippen LogP contribution in [0.25, 0.3) is 0 Å². The Bertz CT molecular complexity index is 1750. The monoisotopic (exact) mass is 660 g/mol. The van der Waals surface area contributed by atoms with Crippen molar-refractivity contribution in [3.05, 3.63) is 98.4 Å². The SMILES string of the molecule is COc1ccc2c(c1)N(C(=O)c1scc(CN(C)S(=O)(=O)c3ccc(Cl)cc3)c1Cl)CC(C(=O)NCc1cccnc1)O2. The highest BCUT2D eigenvalue weighted by atomic mass is 35.5. The molecular formula is C29H26Cl2N4O6S2. The number of nitrogens with zero attached hydrogens (tertiary/aromatic N) is 3. The lowest BCUT2D eigenvalue weighted by atomic mass is 10.1. The first-order valence-corrected chi connectivity index (χ1v) is 16.0. The number of sulfonamides is 1. The second-order valence-electron chi connectivity index (χ2n) is 9.55. The standard InChI is InChI=1S/C29H26Cl2N4O6S2/c1-34(43(38,39)22-8-5-20(30)6-9-22)15-19-17-42-27(26(19)31)29(37)35-16-25(28(36)33-14-18-4-3-11-32-13-18)41-24-10-7-21(40-2)12-23(24)35/h3-13,17,25H,14-16H2,1-2H3,(H,33,36). The molecule has 0 saturated heterocycles. The number of carbonyl (C=O) groups excluding carboxylic acids is 2. The second-order valence-corrected chi connectivity index (χ2v) is 13.3. The Labute approximate surface area is 262 Å². The Morgan fingerprint density at radius 1 is 1.19 bits per heavy atom. The van der Waals surface area contributed by atoms with Crippen LogP contribution in [0.4, 0.5) is 5.69 Å². The molecule has 1 aliphatic rings. The van der Waals surface area contributed by atoms with Crippen molar-refractivity contribution in [2.24, 2.45) is 0 Å². The van der Waals surface area contributed by atoms with E-state index in [0.717, 1.165) is 21.2 Å². The molecule has 0 fully saturated rings. The smallest absolute Gasteiger partial charge is 0.270 e. The van der Waals surface area contributed by atoms with Crippen molar-refractivity contribution in [3.63, 3.8) is 0 Å². The van der Waals surface area contributed by atoms with E-state index in [2.05, 4.69) is 10.3 Å².